The van der Waals surface area contributed by atoms with E-state index in [1.165, 1.54) is 34.8 Å². The molecule has 1 saturated heterocycles. The van der Waals surface area contributed by atoms with Crippen molar-refractivity contribution in [3.63, 3.8) is 0 Å². The van der Waals surface area contributed by atoms with Gasteiger partial charge in [-0.15, -0.1) is 0 Å². The minimum atomic E-state index is -4.35. The number of rotatable bonds is 5. The van der Waals surface area contributed by atoms with Gasteiger partial charge in [-0.05, 0) is 55.2 Å². The third kappa shape index (κ3) is 4.96. The van der Waals surface area contributed by atoms with E-state index in [0.717, 1.165) is 34.6 Å². The second-order valence-electron chi connectivity index (χ2n) is 7.55. The zero-order chi connectivity index (χ0) is 21.4. The third-order valence-electron chi connectivity index (χ3n) is 5.08. The van der Waals surface area contributed by atoms with Gasteiger partial charge in [-0.2, -0.15) is 30.2 Å². The quantitative estimate of drug-likeness (QED) is 0.733. The highest BCUT2D eigenvalue weighted by molar-refractivity contribution is 7.86. The molecule has 5 nitrogen and oxygen atoms in total. The van der Waals surface area contributed by atoms with Gasteiger partial charge in [0.2, 0.25) is 0 Å². The number of hydrogen-bond acceptors (Lipinski definition) is 3. The normalized spacial score (nSPS) is 18.5. The van der Waals surface area contributed by atoms with E-state index in [0.29, 0.717) is 25.9 Å². The first-order valence-corrected chi connectivity index (χ1v) is 10.7. The van der Waals surface area contributed by atoms with Crippen molar-refractivity contribution in [2.24, 2.45) is 0 Å². The Balaban J connectivity index is 1.77. The predicted molar refractivity (Wildman–Crippen MR) is 105 cm³/mol. The smallest absolute Gasteiger partial charge is 0.258 e. The van der Waals surface area contributed by atoms with Crippen molar-refractivity contribution >= 4 is 10.2 Å². The molecule has 0 N–H and O–H groups in total. The lowest BCUT2D eigenvalue weighted by molar-refractivity contribution is -0.137. The van der Waals surface area contributed by atoms with Gasteiger partial charge in [0, 0.05) is 44.5 Å². The van der Waals surface area contributed by atoms with Crippen LogP contribution in [0.25, 0.3) is 0 Å². The van der Waals surface area contributed by atoms with Crippen LogP contribution in [0.4, 0.5) is 13.2 Å². The molecule has 1 aliphatic rings. The molecular weight excluding hydrogens is 403 g/mol. The molecule has 3 rings (SSSR count). The number of aryl methyl sites for hydroxylation is 1. The molecule has 0 radical (unpaired) electrons. The van der Waals surface area contributed by atoms with Crippen LogP contribution in [-0.4, -0.2) is 49.2 Å². The topological polar surface area (TPSA) is 53.5 Å². The molecule has 1 atom stereocenters. The molecule has 1 aliphatic heterocycles. The van der Waals surface area contributed by atoms with Gasteiger partial charge in [-0.3, -0.25) is 4.98 Å². The summed E-state index contributed by atoms with van der Waals surface area (Å²) in [5, 5.41) is 0. The minimum absolute atomic E-state index is 0.00372. The van der Waals surface area contributed by atoms with Crippen LogP contribution >= 0.6 is 0 Å². The van der Waals surface area contributed by atoms with Crippen LogP contribution < -0.4 is 0 Å². The Kier molecular flexibility index (Phi) is 6.03. The van der Waals surface area contributed by atoms with Crippen LogP contribution in [0, 0.1) is 6.92 Å². The van der Waals surface area contributed by atoms with E-state index >= 15 is 0 Å². The molecular formula is C20H24F3N3O2S. The van der Waals surface area contributed by atoms with Crippen molar-refractivity contribution in [3.8, 4) is 0 Å². The van der Waals surface area contributed by atoms with E-state index in [1.807, 2.05) is 19.1 Å². The van der Waals surface area contributed by atoms with Gasteiger partial charge < -0.3 is 0 Å². The van der Waals surface area contributed by atoms with E-state index in [2.05, 4.69) is 4.98 Å². The Labute approximate surface area is 169 Å². The molecule has 2 aromatic rings. The standard InChI is InChI=1S/C20H24F3N3O2S/c1-14-10-16(11-15-4-6-18(7-5-15)20(21,22)23)12-19(24-14)17-8-9-26(13-17)29(27,28)25(2)3/h4-7,10,12,17H,8-9,11,13H2,1-3H3. The molecule has 2 heterocycles. The summed E-state index contributed by atoms with van der Waals surface area (Å²) in [5.41, 5.74) is 2.68. The predicted octanol–water partition coefficient (Wildman–Crippen LogP) is 3.60. The number of benzene rings is 1. The fourth-order valence-electron chi connectivity index (χ4n) is 3.54. The Morgan fingerprint density at radius 1 is 1.14 bits per heavy atom. The maximum atomic E-state index is 12.7. The summed E-state index contributed by atoms with van der Waals surface area (Å²) in [6, 6.07) is 8.99. The lowest BCUT2D eigenvalue weighted by atomic mass is 9.98. The van der Waals surface area contributed by atoms with Gasteiger partial charge in [-0.25, -0.2) is 0 Å². The number of halogens is 3. The molecule has 1 aromatic carbocycles. The Morgan fingerprint density at radius 2 is 1.79 bits per heavy atom. The molecule has 0 saturated carbocycles. The molecule has 0 spiro atoms. The summed E-state index contributed by atoms with van der Waals surface area (Å²) in [5.74, 6) is -0.00372. The van der Waals surface area contributed by atoms with E-state index < -0.39 is 21.9 Å². The van der Waals surface area contributed by atoms with Gasteiger partial charge >= 0.3 is 6.18 Å². The van der Waals surface area contributed by atoms with Crippen LogP contribution in [0.3, 0.4) is 0 Å². The number of alkyl halides is 3. The fourth-order valence-corrected chi connectivity index (χ4v) is 4.70. The van der Waals surface area contributed by atoms with Gasteiger partial charge in [0.15, 0.2) is 0 Å². The number of pyridine rings is 1. The molecule has 29 heavy (non-hydrogen) atoms. The molecule has 0 aliphatic carbocycles. The largest absolute Gasteiger partial charge is 0.416 e. The average molecular weight is 427 g/mol. The summed E-state index contributed by atoms with van der Waals surface area (Å²) in [4.78, 5) is 4.58. The molecule has 1 aromatic heterocycles. The molecule has 9 heteroatoms. The highest BCUT2D eigenvalue weighted by Gasteiger charge is 2.34. The highest BCUT2D eigenvalue weighted by atomic mass is 32.2. The van der Waals surface area contributed by atoms with Crippen molar-refractivity contribution in [3.05, 3.63) is 64.5 Å². The van der Waals surface area contributed by atoms with E-state index in [4.69, 9.17) is 0 Å². The summed E-state index contributed by atoms with van der Waals surface area (Å²) >= 11 is 0. The first-order valence-electron chi connectivity index (χ1n) is 9.28. The summed E-state index contributed by atoms with van der Waals surface area (Å²) < 4.78 is 65.5. The Hall–Kier alpha value is -1.97. The van der Waals surface area contributed by atoms with Crippen LogP contribution in [0.1, 0.15) is 40.4 Å². The zero-order valence-corrected chi connectivity index (χ0v) is 17.4. The maximum absolute atomic E-state index is 12.7. The van der Waals surface area contributed by atoms with Gasteiger partial charge in [0.1, 0.15) is 0 Å². The number of nitrogens with zero attached hydrogens (tertiary/aromatic N) is 3. The van der Waals surface area contributed by atoms with E-state index in [1.54, 1.807) is 0 Å². The number of aromatic nitrogens is 1. The number of hydrogen-bond donors (Lipinski definition) is 0. The Bertz CT molecular complexity index is 973. The van der Waals surface area contributed by atoms with Crippen LogP contribution in [0.2, 0.25) is 0 Å². The molecule has 0 bridgehead atoms. The van der Waals surface area contributed by atoms with Crippen molar-refractivity contribution < 1.29 is 21.6 Å². The van der Waals surface area contributed by atoms with Crippen molar-refractivity contribution in [1.82, 2.24) is 13.6 Å². The summed E-state index contributed by atoms with van der Waals surface area (Å²) in [6.07, 6.45) is -3.18. The fraction of sp³-hybridized carbons (Fsp3) is 0.450. The van der Waals surface area contributed by atoms with Gasteiger partial charge in [-0.1, -0.05) is 12.1 Å². The van der Waals surface area contributed by atoms with Crippen molar-refractivity contribution in [2.45, 2.75) is 31.9 Å². The highest BCUT2D eigenvalue weighted by Crippen LogP contribution is 2.31. The van der Waals surface area contributed by atoms with Gasteiger partial charge in [0.05, 0.1) is 5.56 Å². The average Bonchev–Trinajstić information content (AvgIpc) is 3.12. The second kappa shape index (κ2) is 8.04. The lowest BCUT2D eigenvalue weighted by Gasteiger charge is -2.21. The minimum Gasteiger partial charge on any atom is -0.258 e. The summed E-state index contributed by atoms with van der Waals surface area (Å²) in [7, 11) is -0.436. The van der Waals surface area contributed by atoms with Crippen LogP contribution in [-0.2, 0) is 22.8 Å². The van der Waals surface area contributed by atoms with Crippen molar-refractivity contribution in [2.75, 3.05) is 27.2 Å². The van der Waals surface area contributed by atoms with Crippen LogP contribution in [0.15, 0.2) is 36.4 Å². The van der Waals surface area contributed by atoms with Gasteiger partial charge in [0.25, 0.3) is 10.2 Å². The molecule has 158 valence electrons. The zero-order valence-electron chi connectivity index (χ0n) is 16.6. The third-order valence-corrected chi connectivity index (χ3v) is 6.99. The molecule has 0 amide bonds. The lowest BCUT2D eigenvalue weighted by Crippen LogP contribution is -2.38. The van der Waals surface area contributed by atoms with Crippen molar-refractivity contribution in [1.29, 1.82) is 0 Å². The SMILES string of the molecule is Cc1cc(Cc2ccc(C(F)(F)F)cc2)cc(C2CCN(S(=O)(=O)N(C)C)C2)n1. The first-order chi connectivity index (χ1) is 13.5. The van der Waals surface area contributed by atoms with Crippen LogP contribution in [0.5, 0.6) is 0 Å². The van der Waals surface area contributed by atoms with E-state index in [9.17, 15) is 21.6 Å². The first kappa shape index (κ1) is 21.7. The maximum Gasteiger partial charge on any atom is 0.416 e. The van der Waals surface area contributed by atoms with E-state index in [-0.39, 0.29) is 5.92 Å². The molecule has 1 unspecified atom stereocenters. The Morgan fingerprint density at radius 3 is 2.38 bits per heavy atom. The molecule has 1 fully saturated rings. The summed E-state index contributed by atoms with van der Waals surface area (Å²) in [6.45, 7) is 2.68. The second-order valence-corrected chi connectivity index (χ2v) is 9.69. The monoisotopic (exact) mass is 427 g/mol.